The third kappa shape index (κ3) is 2.15. The SMILES string of the molecule is Nc1c(CC(=O)O)ccnc1C(F)F. The molecule has 0 aliphatic rings. The van der Waals surface area contributed by atoms with Crippen LogP contribution >= 0.6 is 0 Å². The monoisotopic (exact) mass is 202 g/mol. The quantitative estimate of drug-likeness (QED) is 0.772. The molecule has 3 N–H and O–H groups in total. The highest BCUT2D eigenvalue weighted by molar-refractivity contribution is 5.73. The van der Waals surface area contributed by atoms with Gasteiger partial charge in [-0.05, 0) is 11.6 Å². The van der Waals surface area contributed by atoms with Crippen molar-refractivity contribution in [3.63, 3.8) is 0 Å². The first-order valence-electron chi connectivity index (χ1n) is 3.75. The Hall–Kier alpha value is -1.72. The zero-order valence-electron chi connectivity index (χ0n) is 7.08. The van der Waals surface area contributed by atoms with E-state index in [1.165, 1.54) is 6.07 Å². The summed E-state index contributed by atoms with van der Waals surface area (Å²) in [5.74, 6) is -1.12. The van der Waals surface area contributed by atoms with Crippen molar-refractivity contribution in [3.8, 4) is 0 Å². The number of rotatable bonds is 3. The molecular formula is C8H8F2N2O2. The molecule has 1 rings (SSSR count). The number of hydrogen-bond acceptors (Lipinski definition) is 3. The number of carboxylic acids is 1. The standard InChI is InChI=1S/C8H8F2N2O2/c9-8(10)7-6(11)4(1-2-12-7)3-5(13)14/h1-2,8H,3,11H2,(H,13,14). The van der Waals surface area contributed by atoms with E-state index < -0.39 is 18.1 Å². The van der Waals surface area contributed by atoms with Crippen LogP contribution in [0.5, 0.6) is 0 Å². The second kappa shape index (κ2) is 3.99. The predicted octanol–water partition coefficient (Wildman–Crippen LogP) is 1.23. The van der Waals surface area contributed by atoms with Crippen LogP contribution < -0.4 is 5.73 Å². The van der Waals surface area contributed by atoms with Gasteiger partial charge in [-0.1, -0.05) is 0 Å². The van der Waals surface area contributed by atoms with Crippen molar-refractivity contribution in [2.24, 2.45) is 0 Å². The first-order valence-corrected chi connectivity index (χ1v) is 3.75. The summed E-state index contributed by atoms with van der Waals surface area (Å²) in [6.45, 7) is 0. The van der Waals surface area contributed by atoms with Crippen molar-refractivity contribution in [1.29, 1.82) is 0 Å². The van der Waals surface area contributed by atoms with Gasteiger partial charge in [0.1, 0.15) is 5.69 Å². The van der Waals surface area contributed by atoms with Crippen LogP contribution in [-0.2, 0) is 11.2 Å². The molecule has 0 fully saturated rings. The lowest BCUT2D eigenvalue weighted by molar-refractivity contribution is -0.136. The average Bonchev–Trinajstić information content (AvgIpc) is 2.07. The highest BCUT2D eigenvalue weighted by Gasteiger charge is 2.16. The third-order valence-electron chi connectivity index (χ3n) is 1.66. The normalized spacial score (nSPS) is 10.5. The number of alkyl halides is 2. The molecule has 0 radical (unpaired) electrons. The van der Waals surface area contributed by atoms with Crippen molar-refractivity contribution >= 4 is 11.7 Å². The Kier molecular flexibility index (Phi) is 2.95. The minimum Gasteiger partial charge on any atom is -0.481 e. The van der Waals surface area contributed by atoms with E-state index in [4.69, 9.17) is 10.8 Å². The summed E-state index contributed by atoms with van der Waals surface area (Å²) in [7, 11) is 0. The van der Waals surface area contributed by atoms with Gasteiger partial charge in [0.2, 0.25) is 0 Å². The summed E-state index contributed by atoms with van der Waals surface area (Å²) in [5, 5.41) is 8.46. The Labute approximate surface area is 78.4 Å². The van der Waals surface area contributed by atoms with Gasteiger partial charge in [0.15, 0.2) is 0 Å². The first kappa shape index (κ1) is 10.4. The predicted molar refractivity (Wildman–Crippen MR) is 44.9 cm³/mol. The van der Waals surface area contributed by atoms with Crippen LogP contribution in [0.4, 0.5) is 14.5 Å². The maximum atomic E-state index is 12.3. The summed E-state index contributed by atoms with van der Waals surface area (Å²) in [5.41, 5.74) is 4.67. The average molecular weight is 202 g/mol. The zero-order chi connectivity index (χ0) is 10.7. The molecule has 0 unspecified atom stereocenters. The Morgan fingerprint density at radius 2 is 2.29 bits per heavy atom. The van der Waals surface area contributed by atoms with Crippen molar-refractivity contribution in [2.75, 3.05) is 5.73 Å². The maximum absolute atomic E-state index is 12.3. The van der Waals surface area contributed by atoms with E-state index in [0.29, 0.717) is 0 Å². The topological polar surface area (TPSA) is 76.2 Å². The van der Waals surface area contributed by atoms with Crippen molar-refractivity contribution in [3.05, 3.63) is 23.5 Å². The summed E-state index contributed by atoms with van der Waals surface area (Å²) in [6.07, 6.45) is -2.05. The first-order chi connectivity index (χ1) is 6.52. The van der Waals surface area contributed by atoms with E-state index >= 15 is 0 Å². The molecule has 0 aliphatic carbocycles. The molecule has 4 nitrogen and oxygen atoms in total. The number of hydrogen-bond donors (Lipinski definition) is 2. The largest absolute Gasteiger partial charge is 0.481 e. The van der Waals surface area contributed by atoms with E-state index in [2.05, 4.69) is 4.98 Å². The van der Waals surface area contributed by atoms with E-state index in [1.807, 2.05) is 0 Å². The number of carboxylic acid groups (broad SMARTS) is 1. The molecule has 0 aromatic carbocycles. The minimum absolute atomic E-state index is 0.155. The smallest absolute Gasteiger partial charge is 0.307 e. The highest BCUT2D eigenvalue weighted by Crippen LogP contribution is 2.25. The van der Waals surface area contributed by atoms with E-state index in [0.717, 1.165) is 6.20 Å². The molecule has 0 bridgehead atoms. The van der Waals surface area contributed by atoms with Crippen molar-refractivity contribution in [1.82, 2.24) is 4.98 Å². The third-order valence-corrected chi connectivity index (χ3v) is 1.66. The molecule has 0 aliphatic heterocycles. The number of anilines is 1. The number of nitrogens with two attached hydrogens (primary N) is 1. The molecule has 14 heavy (non-hydrogen) atoms. The molecule has 1 aromatic rings. The van der Waals surface area contributed by atoms with Gasteiger partial charge in [-0.15, -0.1) is 0 Å². The van der Waals surface area contributed by atoms with Gasteiger partial charge in [-0.2, -0.15) is 0 Å². The van der Waals surface area contributed by atoms with Crippen molar-refractivity contribution < 1.29 is 18.7 Å². The number of nitrogen functional groups attached to an aromatic ring is 1. The van der Waals surface area contributed by atoms with Crippen LogP contribution in [0.15, 0.2) is 12.3 Å². The van der Waals surface area contributed by atoms with Gasteiger partial charge in [0, 0.05) is 6.20 Å². The molecule has 0 saturated carbocycles. The number of carbonyl (C=O) groups is 1. The lowest BCUT2D eigenvalue weighted by Crippen LogP contribution is -2.07. The zero-order valence-corrected chi connectivity index (χ0v) is 7.08. The number of aliphatic carboxylic acids is 1. The molecule has 0 saturated heterocycles. The van der Waals surface area contributed by atoms with Crippen LogP contribution in [0.3, 0.4) is 0 Å². The fourth-order valence-electron chi connectivity index (χ4n) is 1.02. The van der Waals surface area contributed by atoms with Gasteiger partial charge in [-0.3, -0.25) is 9.78 Å². The Morgan fingerprint density at radius 3 is 2.79 bits per heavy atom. The molecule has 6 heteroatoms. The Morgan fingerprint density at radius 1 is 1.64 bits per heavy atom. The molecule has 1 aromatic heterocycles. The number of aromatic nitrogens is 1. The number of nitrogens with zero attached hydrogens (tertiary/aromatic N) is 1. The van der Waals surface area contributed by atoms with Gasteiger partial charge in [0.05, 0.1) is 12.1 Å². The molecular weight excluding hydrogens is 194 g/mol. The maximum Gasteiger partial charge on any atom is 0.307 e. The molecule has 0 atom stereocenters. The lowest BCUT2D eigenvalue weighted by Gasteiger charge is -2.07. The molecule has 76 valence electrons. The van der Waals surface area contributed by atoms with E-state index in [-0.39, 0.29) is 17.7 Å². The fraction of sp³-hybridized carbons (Fsp3) is 0.250. The van der Waals surface area contributed by atoms with Gasteiger partial charge in [-0.25, -0.2) is 8.78 Å². The molecule has 1 heterocycles. The number of halogens is 2. The van der Waals surface area contributed by atoms with Crippen LogP contribution in [0.25, 0.3) is 0 Å². The van der Waals surface area contributed by atoms with E-state index in [9.17, 15) is 13.6 Å². The van der Waals surface area contributed by atoms with Crippen molar-refractivity contribution in [2.45, 2.75) is 12.8 Å². The summed E-state index contributed by atoms with van der Waals surface area (Å²) < 4.78 is 24.5. The van der Waals surface area contributed by atoms with E-state index in [1.54, 1.807) is 0 Å². The van der Waals surface area contributed by atoms with Gasteiger partial charge < -0.3 is 10.8 Å². The molecule has 0 spiro atoms. The Bertz CT molecular complexity index is 355. The van der Waals surface area contributed by atoms with Crippen LogP contribution in [0, 0.1) is 0 Å². The second-order valence-corrected chi connectivity index (χ2v) is 2.64. The molecule has 0 amide bonds. The van der Waals surface area contributed by atoms with Crippen LogP contribution in [-0.4, -0.2) is 16.1 Å². The summed E-state index contributed by atoms with van der Waals surface area (Å²) in [6, 6.07) is 1.31. The highest BCUT2D eigenvalue weighted by atomic mass is 19.3. The lowest BCUT2D eigenvalue weighted by atomic mass is 10.1. The Balaban J connectivity index is 3.07. The second-order valence-electron chi connectivity index (χ2n) is 2.64. The van der Waals surface area contributed by atoms with Gasteiger partial charge >= 0.3 is 5.97 Å². The van der Waals surface area contributed by atoms with Gasteiger partial charge in [0.25, 0.3) is 6.43 Å². The van der Waals surface area contributed by atoms with Crippen LogP contribution in [0.1, 0.15) is 17.7 Å². The minimum atomic E-state index is -2.79. The van der Waals surface area contributed by atoms with Crippen LogP contribution in [0.2, 0.25) is 0 Å². The number of pyridine rings is 1. The summed E-state index contributed by atoms with van der Waals surface area (Å²) >= 11 is 0. The fourth-order valence-corrected chi connectivity index (χ4v) is 1.02. The summed E-state index contributed by atoms with van der Waals surface area (Å²) in [4.78, 5) is 13.7.